The van der Waals surface area contributed by atoms with Gasteiger partial charge in [0.1, 0.15) is 5.76 Å². The minimum absolute atomic E-state index is 0.0755. The first kappa shape index (κ1) is 16.6. The van der Waals surface area contributed by atoms with E-state index in [1.165, 1.54) is 0 Å². The lowest BCUT2D eigenvalue weighted by molar-refractivity contribution is -0.119. The number of furan rings is 1. The molecular formula is C17H21N3O3. The number of carbonyl (C=O) groups is 2. The second-order valence-corrected chi connectivity index (χ2v) is 5.42. The van der Waals surface area contributed by atoms with Crippen LogP contribution >= 0.6 is 0 Å². The van der Waals surface area contributed by atoms with Gasteiger partial charge in [-0.15, -0.1) is 0 Å². The molecule has 0 aliphatic heterocycles. The summed E-state index contributed by atoms with van der Waals surface area (Å²) in [6.07, 6.45) is 1.56. The molecule has 0 saturated heterocycles. The van der Waals surface area contributed by atoms with Crippen LogP contribution in [-0.2, 0) is 11.3 Å². The zero-order valence-corrected chi connectivity index (χ0v) is 13.3. The van der Waals surface area contributed by atoms with Gasteiger partial charge in [-0.05, 0) is 44.2 Å². The summed E-state index contributed by atoms with van der Waals surface area (Å²) in [4.78, 5) is 23.7. The maximum Gasteiger partial charge on any atom is 0.251 e. The third kappa shape index (κ3) is 5.50. The fourth-order valence-electron chi connectivity index (χ4n) is 1.96. The maximum absolute atomic E-state index is 12.0. The van der Waals surface area contributed by atoms with E-state index in [9.17, 15) is 9.59 Å². The van der Waals surface area contributed by atoms with E-state index in [1.807, 2.05) is 19.9 Å². The van der Waals surface area contributed by atoms with Crippen molar-refractivity contribution in [3.63, 3.8) is 0 Å². The molecule has 1 aromatic heterocycles. The summed E-state index contributed by atoms with van der Waals surface area (Å²) >= 11 is 0. The SMILES string of the molecule is CC(C)NC(=O)c1cccc(NCC(=O)NCc2ccco2)c1. The fraction of sp³-hybridized carbons (Fsp3) is 0.294. The molecule has 0 atom stereocenters. The Bertz CT molecular complexity index is 651. The van der Waals surface area contributed by atoms with Crippen LogP contribution in [-0.4, -0.2) is 24.4 Å². The smallest absolute Gasteiger partial charge is 0.251 e. The molecule has 0 saturated carbocycles. The monoisotopic (exact) mass is 315 g/mol. The summed E-state index contributed by atoms with van der Waals surface area (Å²) in [5, 5.41) is 8.58. The van der Waals surface area contributed by atoms with E-state index >= 15 is 0 Å². The number of amides is 2. The summed E-state index contributed by atoms with van der Waals surface area (Å²) in [6.45, 7) is 4.28. The largest absolute Gasteiger partial charge is 0.467 e. The lowest BCUT2D eigenvalue weighted by Crippen LogP contribution is -2.30. The van der Waals surface area contributed by atoms with Crippen LogP contribution in [0.1, 0.15) is 30.0 Å². The van der Waals surface area contributed by atoms with Crippen LogP contribution in [0.5, 0.6) is 0 Å². The Morgan fingerprint density at radius 3 is 2.70 bits per heavy atom. The lowest BCUT2D eigenvalue weighted by Gasteiger charge is -2.10. The highest BCUT2D eigenvalue weighted by molar-refractivity contribution is 5.95. The Balaban J connectivity index is 1.83. The molecule has 0 fully saturated rings. The van der Waals surface area contributed by atoms with Crippen LogP contribution in [0.2, 0.25) is 0 Å². The highest BCUT2D eigenvalue weighted by Gasteiger charge is 2.08. The van der Waals surface area contributed by atoms with E-state index in [4.69, 9.17) is 4.42 Å². The molecule has 0 aliphatic carbocycles. The number of carbonyl (C=O) groups excluding carboxylic acids is 2. The van der Waals surface area contributed by atoms with Gasteiger partial charge in [-0.25, -0.2) is 0 Å². The van der Waals surface area contributed by atoms with Crippen LogP contribution in [0.15, 0.2) is 47.1 Å². The van der Waals surface area contributed by atoms with Gasteiger partial charge in [-0.2, -0.15) is 0 Å². The van der Waals surface area contributed by atoms with Gasteiger partial charge in [0.2, 0.25) is 5.91 Å². The molecule has 1 heterocycles. The third-order valence-electron chi connectivity index (χ3n) is 3.04. The Kier molecular flexibility index (Phi) is 5.80. The number of rotatable bonds is 7. The first-order valence-electron chi connectivity index (χ1n) is 7.48. The van der Waals surface area contributed by atoms with Gasteiger partial charge in [-0.3, -0.25) is 9.59 Å². The molecule has 6 heteroatoms. The van der Waals surface area contributed by atoms with E-state index < -0.39 is 0 Å². The topological polar surface area (TPSA) is 83.4 Å². The lowest BCUT2D eigenvalue weighted by atomic mass is 10.2. The average Bonchev–Trinajstić information content (AvgIpc) is 3.04. The van der Waals surface area contributed by atoms with Crippen LogP contribution in [0.3, 0.4) is 0 Å². The zero-order chi connectivity index (χ0) is 16.7. The van der Waals surface area contributed by atoms with Crippen molar-refractivity contribution >= 4 is 17.5 Å². The van der Waals surface area contributed by atoms with Crippen LogP contribution in [0, 0.1) is 0 Å². The molecule has 0 bridgehead atoms. The first-order valence-corrected chi connectivity index (χ1v) is 7.48. The van der Waals surface area contributed by atoms with Crippen molar-refractivity contribution in [2.75, 3.05) is 11.9 Å². The molecule has 2 aromatic rings. The van der Waals surface area contributed by atoms with Crippen molar-refractivity contribution in [3.05, 3.63) is 54.0 Å². The number of benzene rings is 1. The van der Waals surface area contributed by atoms with Crippen molar-refractivity contribution in [2.45, 2.75) is 26.4 Å². The van der Waals surface area contributed by atoms with Crippen molar-refractivity contribution in [1.82, 2.24) is 10.6 Å². The standard InChI is InChI=1S/C17H21N3O3/c1-12(2)20-17(22)13-5-3-6-14(9-13)18-11-16(21)19-10-15-7-4-8-23-15/h3-9,12,18H,10-11H2,1-2H3,(H,19,21)(H,20,22). The molecule has 0 aliphatic rings. The van der Waals surface area contributed by atoms with Crippen molar-refractivity contribution in [2.24, 2.45) is 0 Å². The number of anilines is 1. The summed E-state index contributed by atoms with van der Waals surface area (Å²) in [5.74, 6) is 0.412. The normalized spacial score (nSPS) is 10.4. The van der Waals surface area contributed by atoms with Crippen molar-refractivity contribution in [3.8, 4) is 0 Å². The van der Waals surface area contributed by atoms with Gasteiger partial charge in [0.05, 0.1) is 19.4 Å². The molecule has 2 rings (SSSR count). The van der Waals surface area contributed by atoms with Gasteiger partial charge in [-0.1, -0.05) is 6.07 Å². The molecule has 0 spiro atoms. The second kappa shape index (κ2) is 8.03. The minimum atomic E-state index is -0.154. The first-order chi connectivity index (χ1) is 11.0. The number of hydrogen-bond donors (Lipinski definition) is 3. The van der Waals surface area contributed by atoms with E-state index in [1.54, 1.807) is 36.6 Å². The van der Waals surface area contributed by atoms with Crippen LogP contribution < -0.4 is 16.0 Å². The highest BCUT2D eigenvalue weighted by atomic mass is 16.3. The molecule has 2 amide bonds. The highest BCUT2D eigenvalue weighted by Crippen LogP contribution is 2.10. The van der Waals surface area contributed by atoms with Gasteiger partial charge < -0.3 is 20.4 Å². The molecular weight excluding hydrogens is 294 g/mol. The van der Waals surface area contributed by atoms with Crippen LogP contribution in [0.25, 0.3) is 0 Å². The third-order valence-corrected chi connectivity index (χ3v) is 3.04. The Morgan fingerprint density at radius 2 is 2.00 bits per heavy atom. The molecule has 23 heavy (non-hydrogen) atoms. The Hall–Kier alpha value is -2.76. The van der Waals surface area contributed by atoms with E-state index in [-0.39, 0.29) is 24.4 Å². The predicted octanol–water partition coefficient (Wildman–Crippen LogP) is 2.15. The predicted molar refractivity (Wildman–Crippen MR) is 88.1 cm³/mol. The average molecular weight is 315 g/mol. The number of nitrogens with one attached hydrogen (secondary N) is 3. The van der Waals surface area contributed by atoms with Crippen molar-refractivity contribution in [1.29, 1.82) is 0 Å². The minimum Gasteiger partial charge on any atom is -0.467 e. The molecule has 3 N–H and O–H groups in total. The quantitative estimate of drug-likeness (QED) is 0.731. The molecule has 0 unspecified atom stereocenters. The molecule has 122 valence electrons. The molecule has 6 nitrogen and oxygen atoms in total. The zero-order valence-electron chi connectivity index (χ0n) is 13.3. The van der Waals surface area contributed by atoms with Gasteiger partial charge >= 0.3 is 0 Å². The molecule has 1 aromatic carbocycles. The van der Waals surface area contributed by atoms with Gasteiger partial charge in [0.25, 0.3) is 5.91 Å². The van der Waals surface area contributed by atoms with Crippen LogP contribution in [0.4, 0.5) is 5.69 Å². The van der Waals surface area contributed by atoms with E-state index in [0.29, 0.717) is 17.9 Å². The summed E-state index contributed by atoms with van der Waals surface area (Å²) in [5.41, 5.74) is 1.27. The second-order valence-electron chi connectivity index (χ2n) is 5.42. The van der Waals surface area contributed by atoms with Gasteiger partial charge in [0, 0.05) is 17.3 Å². The fourth-order valence-corrected chi connectivity index (χ4v) is 1.96. The molecule has 0 radical (unpaired) electrons. The number of hydrogen-bond acceptors (Lipinski definition) is 4. The van der Waals surface area contributed by atoms with Gasteiger partial charge in [0.15, 0.2) is 0 Å². The maximum atomic E-state index is 12.0. The summed E-state index contributed by atoms with van der Waals surface area (Å²) in [7, 11) is 0. The Labute approximate surface area is 135 Å². The summed E-state index contributed by atoms with van der Waals surface area (Å²) < 4.78 is 5.14. The van der Waals surface area contributed by atoms with E-state index in [2.05, 4.69) is 16.0 Å². The van der Waals surface area contributed by atoms with E-state index in [0.717, 1.165) is 5.69 Å². The van der Waals surface area contributed by atoms with Crippen molar-refractivity contribution < 1.29 is 14.0 Å². The summed E-state index contributed by atoms with van der Waals surface area (Å²) in [6, 6.07) is 10.7. The Morgan fingerprint density at radius 1 is 1.17 bits per heavy atom.